The van der Waals surface area contributed by atoms with Crippen LogP contribution in [0.4, 0.5) is 0 Å². The van der Waals surface area contributed by atoms with Crippen molar-refractivity contribution in [3.8, 4) is 5.75 Å². The van der Waals surface area contributed by atoms with Crippen molar-refractivity contribution in [2.75, 3.05) is 19.7 Å². The van der Waals surface area contributed by atoms with E-state index >= 15 is 0 Å². The Bertz CT molecular complexity index is 526. The molecular formula is C17H21NO. The summed E-state index contributed by atoms with van der Waals surface area (Å²) in [6.45, 7) is 3.16. The van der Waals surface area contributed by atoms with Crippen LogP contribution in [0.25, 0.3) is 10.8 Å². The van der Waals surface area contributed by atoms with Gasteiger partial charge in [0.15, 0.2) is 0 Å². The second-order valence-corrected chi connectivity index (χ2v) is 5.31. The monoisotopic (exact) mass is 255 g/mol. The van der Waals surface area contributed by atoms with Crippen molar-refractivity contribution in [2.24, 2.45) is 5.92 Å². The molecule has 0 aromatic heterocycles. The summed E-state index contributed by atoms with van der Waals surface area (Å²) in [6.07, 6.45) is 3.75. The molecule has 19 heavy (non-hydrogen) atoms. The molecular weight excluding hydrogens is 234 g/mol. The Labute approximate surface area is 114 Å². The molecule has 1 aliphatic heterocycles. The zero-order valence-corrected chi connectivity index (χ0v) is 11.3. The van der Waals surface area contributed by atoms with E-state index in [4.69, 9.17) is 4.74 Å². The summed E-state index contributed by atoms with van der Waals surface area (Å²) < 4.78 is 6.00. The van der Waals surface area contributed by atoms with Gasteiger partial charge < -0.3 is 10.1 Å². The summed E-state index contributed by atoms with van der Waals surface area (Å²) in [5, 5.41) is 5.88. The second kappa shape index (κ2) is 6.07. The SMILES string of the molecule is c1ccc2c(OCCC3CCNCC3)cccc2c1. The van der Waals surface area contributed by atoms with Crippen LogP contribution in [0.15, 0.2) is 42.5 Å². The summed E-state index contributed by atoms with van der Waals surface area (Å²) in [5.74, 6) is 1.85. The molecule has 2 aromatic rings. The Morgan fingerprint density at radius 2 is 1.79 bits per heavy atom. The topological polar surface area (TPSA) is 21.3 Å². The molecule has 1 heterocycles. The first-order valence-corrected chi connectivity index (χ1v) is 7.25. The van der Waals surface area contributed by atoms with Crippen LogP contribution in [-0.4, -0.2) is 19.7 Å². The van der Waals surface area contributed by atoms with Crippen molar-refractivity contribution in [3.63, 3.8) is 0 Å². The second-order valence-electron chi connectivity index (χ2n) is 5.31. The Morgan fingerprint density at radius 3 is 2.68 bits per heavy atom. The fraction of sp³-hybridized carbons (Fsp3) is 0.412. The molecule has 1 fully saturated rings. The van der Waals surface area contributed by atoms with Crippen molar-refractivity contribution < 1.29 is 4.74 Å². The maximum absolute atomic E-state index is 6.00. The third-order valence-corrected chi connectivity index (χ3v) is 3.99. The van der Waals surface area contributed by atoms with Gasteiger partial charge in [0, 0.05) is 5.39 Å². The predicted molar refractivity (Wildman–Crippen MR) is 79.7 cm³/mol. The molecule has 3 rings (SSSR count). The van der Waals surface area contributed by atoms with Gasteiger partial charge in [0.25, 0.3) is 0 Å². The highest BCUT2D eigenvalue weighted by atomic mass is 16.5. The zero-order valence-electron chi connectivity index (χ0n) is 11.3. The molecule has 0 unspecified atom stereocenters. The first-order valence-electron chi connectivity index (χ1n) is 7.25. The van der Waals surface area contributed by atoms with E-state index in [1.165, 1.54) is 43.1 Å². The molecule has 0 spiro atoms. The number of nitrogens with one attached hydrogen (secondary N) is 1. The lowest BCUT2D eigenvalue weighted by molar-refractivity contribution is 0.254. The van der Waals surface area contributed by atoms with Gasteiger partial charge >= 0.3 is 0 Å². The van der Waals surface area contributed by atoms with Crippen LogP contribution in [0.5, 0.6) is 5.75 Å². The number of rotatable bonds is 4. The summed E-state index contributed by atoms with van der Waals surface area (Å²) >= 11 is 0. The van der Waals surface area contributed by atoms with E-state index in [0.717, 1.165) is 18.3 Å². The summed E-state index contributed by atoms with van der Waals surface area (Å²) in [5.41, 5.74) is 0. The van der Waals surface area contributed by atoms with E-state index in [2.05, 4.69) is 47.8 Å². The van der Waals surface area contributed by atoms with Gasteiger partial charge in [-0.3, -0.25) is 0 Å². The average molecular weight is 255 g/mol. The quantitative estimate of drug-likeness (QED) is 0.901. The maximum Gasteiger partial charge on any atom is 0.127 e. The fourth-order valence-corrected chi connectivity index (χ4v) is 2.83. The fourth-order valence-electron chi connectivity index (χ4n) is 2.83. The van der Waals surface area contributed by atoms with Crippen molar-refractivity contribution in [3.05, 3.63) is 42.5 Å². The highest BCUT2D eigenvalue weighted by Crippen LogP contribution is 2.26. The molecule has 0 amide bonds. The van der Waals surface area contributed by atoms with E-state index < -0.39 is 0 Å². The standard InChI is InChI=1S/C17H21NO/c1-2-6-16-15(4-1)5-3-7-17(16)19-13-10-14-8-11-18-12-9-14/h1-7,14,18H,8-13H2. The summed E-state index contributed by atoms with van der Waals surface area (Å²) in [4.78, 5) is 0. The van der Waals surface area contributed by atoms with Gasteiger partial charge in [0.2, 0.25) is 0 Å². The van der Waals surface area contributed by atoms with E-state index in [1.54, 1.807) is 0 Å². The first kappa shape index (κ1) is 12.5. The number of hydrogen-bond acceptors (Lipinski definition) is 2. The van der Waals surface area contributed by atoms with E-state index in [0.29, 0.717) is 0 Å². The van der Waals surface area contributed by atoms with Crippen LogP contribution < -0.4 is 10.1 Å². The van der Waals surface area contributed by atoms with Gasteiger partial charge in [0.1, 0.15) is 5.75 Å². The van der Waals surface area contributed by atoms with Crippen LogP contribution >= 0.6 is 0 Å². The number of piperidine rings is 1. The van der Waals surface area contributed by atoms with Crippen LogP contribution in [0, 0.1) is 5.92 Å². The van der Waals surface area contributed by atoms with E-state index in [1.807, 2.05) is 0 Å². The molecule has 100 valence electrons. The smallest absolute Gasteiger partial charge is 0.127 e. The average Bonchev–Trinajstić information content (AvgIpc) is 2.49. The van der Waals surface area contributed by atoms with Gasteiger partial charge in [-0.15, -0.1) is 0 Å². The predicted octanol–water partition coefficient (Wildman–Crippen LogP) is 3.61. The van der Waals surface area contributed by atoms with Crippen molar-refractivity contribution >= 4 is 10.8 Å². The lowest BCUT2D eigenvalue weighted by Gasteiger charge is -2.22. The number of fused-ring (bicyclic) bond motifs is 1. The number of ether oxygens (including phenoxy) is 1. The molecule has 0 aliphatic carbocycles. The highest BCUT2D eigenvalue weighted by Gasteiger charge is 2.12. The Balaban J connectivity index is 1.62. The van der Waals surface area contributed by atoms with Gasteiger partial charge in [-0.25, -0.2) is 0 Å². The zero-order chi connectivity index (χ0) is 12.9. The molecule has 0 saturated carbocycles. The largest absolute Gasteiger partial charge is 0.493 e. The molecule has 0 radical (unpaired) electrons. The number of benzene rings is 2. The van der Waals surface area contributed by atoms with Crippen molar-refractivity contribution in [2.45, 2.75) is 19.3 Å². The third-order valence-electron chi connectivity index (χ3n) is 3.99. The van der Waals surface area contributed by atoms with Crippen LogP contribution in [0.2, 0.25) is 0 Å². The Kier molecular flexibility index (Phi) is 3.99. The van der Waals surface area contributed by atoms with Gasteiger partial charge in [-0.1, -0.05) is 36.4 Å². The van der Waals surface area contributed by atoms with Gasteiger partial charge in [0.05, 0.1) is 6.61 Å². The molecule has 2 aromatic carbocycles. The third kappa shape index (κ3) is 3.07. The lowest BCUT2D eigenvalue weighted by atomic mass is 9.95. The van der Waals surface area contributed by atoms with E-state index in [-0.39, 0.29) is 0 Å². The first-order chi connectivity index (χ1) is 9.43. The number of hydrogen-bond donors (Lipinski definition) is 1. The summed E-state index contributed by atoms with van der Waals surface area (Å²) in [6, 6.07) is 14.7. The Hall–Kier alpha value is -1.54. The molecule has 1 aliphatic rings. The van der Waals surface area contributed by atoms with Gasteiger partial charge in [-0.05, 0) is 49.7 Å². The van der Waals surface area contributed by atoms with Gasteiger partial charge in [-0.2, -0.15) is 0 Å². The normalized spacial score (nSPS) is 16.6. The minimum absolute atomic E-state index is 0.830. The van der Waals surface area contributed by atoms with Crippen molar-refractivity contribution in [1.29, 1.82) is 0 Å². The van der Waals surface area contributed by atoms with Crippen LogP contribution in [0.1, 0.15) is 19.3 Å². The molecule has 2 heteroatoms. The van der Waals surface area contributed by atoms with Crippen molar-refractivity contribution in [1.82, 2.24) is 5.32 Å². The highest BCUT2D eigenvalue weighted by molar-refractivity contribution is 5.88. The lowest BCUT2D eigenvalue weighted by Crippen LogP contribution is -2.28. The molecule has 0 bridgehead atoms. The minimum Gasteiger partial charge on any atom is -0.493 e. The molecule has 0 atom stereocenters. The van der Waals surface area contributed by atoms with Crippen LogP contribution in [0.3, 0.4) is 0 Å². The minimum atomic E-state index is 0.830. The molecule has 2 nitrogen and oxygen atoms in total. The molecule has 1 saturated heterocycles. The maximum atomic E-state index is 6.00. The van der Waals surface area contributed by atoms with Crippen LogP contribution in [-0.2, 0) is 0 Å². The Morgan fingerprint density at radius 1 is 1.00 bits per heavy atom. The summed E-state index contributed by atoms with van der Waals surface area (Å²) in [7, 11) is 0. The van der Waals surface area contributed by atoms with E-state index in [9.17, 15) is 0 Å². The molecule has 1 N–H and O–H groups in total.